The predicted molar refractivity (Wildman–Crippen MR) is 89.1 cm³/mol. The first-order chi connectivity index (χ1) is 9.38. The van der Waals surface area contributed by atoms with E-state index in [2.05, 4.69) is 31.0 Å². The third-order valence-corrected chi connectivity index (χ3v) is 7.15. The van der Waals surface area contributed by atoms with Crippen molar-refractivity contribution in [1.29, 1.82) is 0 Å². The van der Waals surface area contributed by atoms with Crippen molar-refractivity contribution in [1.82, 2.24) is 10.2 Å². The number of nitrogens with zero attached hydrogens (tertiary/aromatic N) is 1. The summed E-state index contributed by atoms with van der Waals surface area (Å²) in [4.78, 5) is 2.18. The lowest BCUT2D eigenvalue weighted by molar-refractivity contribution is 0.200. The topological polar surface area (TPSA) is 49.4 Å². The maximum absolute atomic E-state index is 12.2. The maximum Gasteiger partial charge on any atom is 0.166 e. The van der Waals surface area contributed by atoms with Crippen molar-refractivity contribution >= 4 is 21.6 Å². The van der Waals surface area contributed by atoms with Crippen LogP contribution in [0.3, 0.4) is 0 Å². The Bertz CT molecular complexity index is 371. The lowest BCUT2D eigenvalue weighted by Gasteiger charge is -2.39. The normalized spacial score (nSPS) is 23.1. The molecule has 0 aliphatic carbocycles. The fourth-order valence-corrected chi connectivity index (χ4v) is 5.55. The van der Waals surface area contributed by atoms with Gasteiger partial charge < -0.3 is 5.32 Å². The van der Waals surface area contributed by atoms with E-state index in [0.717, 1.165) is 25.4 Å². The first-order valence-corrected chi connectivity index (χ1v) is 10.5. The molecule has 120 valence electrons. The molecule has 0 radical (unpaired) electrons. The van der Waals surface area contributed by atoms with Gasteiger partial charge in [-0.25, -0.2) is 8.42 Å². The highest BCUT2D eigenvalue weighted by molar-refractivity contribution is 8.01. The number of sulfone groups is 1. The highest BCUT2D eigenvalue weighted by Crippen LogP contribution is 2.23. The summed E-state index contributed by atoms with van der Waals surface area (Å²) in [6.07, 6.45) is 1.17. The Morgan fingerprint density at radius 1 is 1.35 bits per heavy atom. The fourth-order valence-electron chi connectivity index (χ4n) is 2.42. The van der Waals surface area contributed by atoms with Crippen molar-refractivity contribution in [3.8, 4) is 0 Å². The van der Waals surface area contributed by atoms with Crippen molar-refractivity contribution in [3.05, 3.63) is 0 Å². The van der Waals surface area contributed by atoms with Gasteiger partial charge in [-0.1, -0.05) is 20.8 Å². The van der Waals surface area contributed by atoms with E-state index in [1.807, 2.05) is 0 Å². The van der Waals surface area contributed by atoms with Crippen LogP contribution >= 0.6 is 11.8 Å². The minimum atomic E-state index is -2.98. The van der Waals surface area contributed by atoms with E-state index in [1.165, 1.54) is 6.42 Å². The summed E-state index contributed by atoms with van der Waals surface area (Å²) in [6.45, 7) is 11.1. The number of nitrogens with one attached hydrogen (secondary N) is 1. The second kappa shape index (κ2) is 8.61. The van der Waals surface area contributed by atoms with Gasteiger partial charge in [0.2, 0.25) is 0 Å². The van der Waals surface area contributed by atoms with Gasteiger partial charge in [0, 0.05) is 36.4 Å². The van der Waals surface area contributed by atoms with E-state index in [0.29, 0.717) is 11.7 Å². The molecule has 1 aliphatic heterocycles. The van der Waals surface area contributed by atoms with Crippen LogP contribution in [0.25, 0.3) is 0 Å². The second-order valence-electron chi connectivity index (χ2n) is 5.95. The Kier molecular flexibility index (Phi) is 7.87. The fraction of sp³-hybridized carbons (Fsp3) is 1.00. The molecule has 0 spiro atoms. The van der Waals surface area contributed by atoms with Crippen molar-refractivity contribution in [2.75, 3.05) is 36.9 Å². The maximum atomic E-state index is 12.2. The van der Waals surface area contributed by atoms with Gasteiger partial charge >= 0.3 is 0 Å². The van der Waals surface area contributed by atoms with Gasteiger partial charge in [-0.2, -0.15) is 11.8 Å². The van der Waals surface area contributed by atoms with Crippen molar-refractivity contribution in [2.45, 2.75) is 45.5 Å². The lowest BCUT2D eigenvalue weighted by Crippen LogP contribution is -2.54. The number of hydrogen-bond donors (Lipinski definition) is 1. The van der Waals surface area contributed by atoms with Crippen LogP contribution in [0.15, 0.2) is 0 Å². The zero-order valence-corrected chi connectivity index (χ0v) is 14.9. The van der Waals surface area contributed by atoms with Gasteiger partial charge in [0.05, 0.1) is 0 Å². The lowest BCUT2D eigenvalue weighted by atomic mass is 10.1. The van der Waals surface area contributed by atoms with Crippen LogP contribution in [0.2, 0.25) is 0 Å². The highest BCUT2D eigenvalue weighted by atomic mass is 32.2. The van der Waals surface area contributed by atoms with Gasteiger partial charge in [-0.3, -0.25) is 4.90 Å². The average Bonchev–Trinajstić information content (AvgIpc) is 2.43. The minimum absolute atomic E-state index is 0.238. The smallest absolute Gasteiger partial charge is 0.166 e. The van der Waals surface area contributed by atoms with E-state index < -0.39 is 9.84 Å². The standard InChI is InChI=1S/C14H30N2O2S2/c1-5-20(17,18)14-11-19-9-8-16(14)13(4)10-15-7-6-12(2)3/h12-15H,5-11H2,1-4H3. The van der Waals surface area contributed by atoms with Crippen molar-refractivity contribution in [3.63, 3.8) is 0 Å². The van der Waals surface area contributed by atoms with Crippen LogP contribution in [-0.4, -0.2) is 61.6 Å². The van der Waals surface area contributed by atoms with Crippen LogP contribution in [0.5, 0.6) is 0 Å². The Morgan fingerprint density at radius 3 is 2.65 bits per heavy atom. The monoisotopic (exact) mass is 322 g/mol. The molecular weight excluding hydrogens is 292 g/mol. The largest absolute Gasteiger partial charge is 0.315 e. The first kappa shape index (κ1) is 18.3. The Balaban J connectivity index is 2.52. The summed E-state index contributed by atoms with van der Waals surface area (Å²) < 4.78 is 24.4. The molecule has 20 heavy (non-hydrogen) atoms. The summed E-state index contributed by atoms with van der Waals surface area (Å²) in [5.41, 5.74) is 0. The molecule has 1 rings (SSSR count). The van der Waals surface area contributed by atoms with Crippen molar-refractivity contribution in [2.24, 2.45) is 5.92 Å². The third kappa shape index (κ3) is 5.54. The van der Waals surface area contributed by atoms with Gasteiger partial charge in [0.25, 0.3) is 0 Å². The quantitative estimate of drug-likeness (QED) is 0.691. The number of thioether (sulfide) groups is 1. The number of hydrogen-bond acceptors (Lipinski definition) is 5. The molecule has 2 atom stereocenters. The van der Waals surface area contributed by atoms with Crippen molar-refractivity contribution < 1.29 is 8.42 Å². The zero-order chi connectivity index (χ0) is 15.2. The average molecular weight is 323 g/mol. The van der Waals surface area contributed by atoms with Gasteiger partial charge in [-0.15, -0.1) is 0 Å². The molecule has 0 aromatic heterocycles. The van der Waals surface area contributed by atoms with E-state index in [-0.39, 0.29) is 17.2 Å². The molecule has 6 heteroatoms. The van der Waals surface area contributed by atoms with Gasteiger partial charge in [-0.05, 0) is 25.8 Å². The van der Waals surface area contributed by atoms with Crippen LogP contribution in [0.1, 0.15) is 34.1 Å². The SMILES string of the molecule is CCS(=O)(=O)C1CSCCN1C(C)CNCCC(C)C. The van der Waals surface area contributed by atoms with Gasteiger partial charge in [0.1, 0.15) is 5.37 Å². The summed E-state index contributed by atoms with van der Waals surface area (Å²) >= 11 is 1.76. The Morgan fingerprint density at radius 2 is 2.05 bits per heavy atom. The minimum Gasteiger partial charge on any atom is -0.315 e. The van der Waals surface area contributed by atoms with Crippen LogP contribution in [-0.2, 0) is 9.84 Å². The highest BCUT2D eigenvalue weighted by Gasteiger charge is 2.35. The molecule has 1 fully saturated rings. The molecule has 1 saturated heterocycles. The second-order valence-corrected chi connectivity index (χ2v) is 9.55. The molecule has 0 bridgehead atoms. The molecule has 2 unspecified atom stereocenters. The summed E-state index contributed by atoms with van der Waals surface area (Å²) in [6, 6.07) is 0.273. The predicted octanol–water partition coefficient (Wildman–Crippen LogP) is 1.82. The van der Waals surface area contributed by atoms with E-state index in [4.69, 9.17) is 0 Å². The molecule has 0 amide bonds. The number of rotatable bonds is 8. The first-order valence-electron chi connectivity index (χ1n) is 7.64. The molecule has 4 nitrogen and oxygen atoms in total. The van der Waals surface area contributed by atoms with E-state index >= 15 is 0 Å². The Labute approximate surface area is 129 Å². The molecular formula is C14H30N2O2S2. The molecule has 0 aromatic rings. The zero-order valence-electron chi connectivity index (χ0n) is 13.3. The molecule has 0 aromatic carbocycles. The summed E-state index contributed by atoms with van der Waals surface area (Å²) in [5.74, 6) is 2.69. The molecule has 1 aliphatic rings. The van der Waals surface area contributed by atoms with E-state index in [9.17, 15) is 8.42 Å². The Hall–Kier alpha value is 0.220. The van der Waals surface area contributed by atoms with Crippen LogP contribution in [0, 0.1) is 5.92 Å². The summed E-state index contributed by atoms with van der Waals surface area (Å²) in [5, 5.41) is 3.16. The van der Waals surface area contributed by atoms with Crippen LogP contribution < -0.4 is 5.32 Å². The third-order valence-electron chi connectivity index (χ3n) is 3.85. The van der Waals surface area contributed by atoms with Gasteiger partial charge in [0.15, 0.2) is 9.84 Å². The molecule has 1 N–H and O–H groups in total. The van der Waals surface area contributed by atoms with Crippen LogP contribution in [0.4, 0.5) is 0 Å². The van der Waals surface area contributed by atoms with E-state index in [1.54, 1.807) is 18.7 Å². The molecule has 1 heterocycles. The molecule has 0 saturated carbocycles. The summed E-state index contributed by atoms with van der Waals surface area (Å²) in [7, 11) is -2.98.